The molecule has 1 atom stereocenters. The summed E-state index contributed by atoms with van der Waals surface area (Å²) in [5.74, 6) is 0.605. The second-order valence-electron chi connectivity index (χ2n) is 8.59. The minimum Gasteiger partial charge on any atom is -0.395 e. The Morgan fingerprint density at radius 2 is 2.00 bits per heavy atom. The first kappa shape index (κ1) is 19.9. The number of anilines is 1. The van der Waals surface area contributed by atoms with Gasteiger partial charge in [-0.15, -0.1) is 0 Å². The van der Waals surface area contributed by atoms with Crippen LogP contribution in [-0.2, 0) is 35.8 Å². The van der Waals surface area contributed by atoms with Crippen molar-refractivity contribution in [3.63, 3.8) is 0 Å². The van der Waals surface area contributed by atoms with Crippen LogP contribution in [0.15, 0.2) is 18.2 Å². The minimum absolute atomic E-state index is 0.223. The van der Waals surface area contributed by atoms with Crippen molar-refractivity contribution in [2.45, 2.75) is 51.6 Å². The summed E-state index contributed by atoms with van der Waals surface area (Å²) in [6.45, 7) is 3.68. The van der Waals surface area contributed by atoms with Gasteiger partial charge in [-0.3, -0.25) is 0 Å². The van der Waals surface area contributed by atoms with Gasteiger partial charge in [0.05, 0.1) is 18.1 Å². The smallest absolute Gasteiger partial charge is 0.226 e. The van der Waals surface area contributed by atoms with E-state index in [9.17, 15) is 8.42 Å². The maximum atomic E-state index is 12.4. The van der Waals surface area contributed by atoms with E-state index in [1.165, 1.54) is 27.5 Å². The zero-order chi connectivity index (χ0) is 20.9. The van der Waals surface area contributed by atoms with Crippen molar-refractivity contribution in [1.82, 2.24) is 14.3 Å². The Hall–Kier alpha value is -2.03. The average molecular weight is 429 g/mol. The van der Waals surface area contributed by atoms with Gasteiger partial charge < -0.3 is 10.0 Å². The third kappa shape index (κ3) is 3.40. The first-order valence-corrected chi connectivity index (χ1v) is 12.4. The molecule has 2 aliphatic heterocycles. The quantitative estimate of drug-likeness (QED) is 0.783. The number of hydrogen-bond donors (Lipinski definition) is 1. The molecule has 0 amide bonds. The Kier molecular flexibility index (Phi) is 5.03. The van der Waals surface area contributed by atoms with Crippen LogP contribution in [0.4, 0.5) is 5.95 Å². The largest absolute Gasteiger partial charge is 0.395 e. The number of aliphatic hydroxyl groups excluding tert-OH is 1. The zero-order valence-corrected chi connectivity index (χ0v) is 18.2. The molecule has 30 heavy (non-hydrogen) atoms. The number of aliphatic hydroxyl groups is 1. The fourth-order valence-corrected chi connectivity index (χ4v) is 5.95. The van der Waals surface area contributed by atoms with Gasteiger partial charge in [0.15, 0.2) is 0 Å². The molecule has 0 spiro atoms. The lowest BCUT2D eigenvalue weighted by atomic mass is 9.95. The van der Waals surface area contributed by atoms with Crippen LogP contribution in [-0.4, -0.2) is 59.3 Å². The molecule has 160 valence electrons. The van der Waals surface area contributed by atoms with Crippen LogP contribution >= 0.6 is 0 Å². The number of benzene rings is 1. The van der Waals surface area contributed by atoms with Crippen molar-refractivity contribution < 1.29 is 13.5 Å². The lowest BCUT2D eigenvalue weighted by Crippen LogP contribution is -2.46. The first-order chi connectivity index (χ1) is 14.5. The Balaban J connectivity index is 1.52. The standard InChI is InChI=1S/C22H28N4O3S/c1-15-7-10-26(15)22-23-20-4-2-3-19(20)21(24-22)17-6-5-16-8-9-25(14-18(16)13-17)30(28,29)12-11-27/h5-6,13,15,27H,2-4,7-12,14H2,1H3/t15-/m0/s1. The maximum absolute atomic E-state index is 12.4. The minimum atomic E-state index is -3.43. The van der Waals surface area contributed by atoms with Gasteiger partial charge in [-0.05, 0) is 56.2 Å². The molecule has 0 bridgehead atoms. The summed E-state index contributed by atoms with van der Waals surface area (Å²) in [5.41, 5.74) is 6.68. The summed E-state index contributed by atoms with van der Waals surface area (Å²) >= 11 is 0. The molecule has 7 nitrogen and oxygen atoms in total. The number of sulfonamides is 1. The maximum Gasteiger partial charge on any atom is 0.226 e. The highest BCUT2D eigenvalue weighted by Gasteiger charge is 2.30. The van der Waals surface area contributed by atoms with Gasteiger partial charge in [0, 0.05) is 42.5 Å². The predicted molar refractivity (Wildman–Crippen MR) is 116 cm³/mol. The molecule has 1 fully saturated rings. The van der Waals surface area contributed by atoms with Crippen molar-refractivity contribution in [2.75, 3.05) is 30.3 Å². The van der Waals surface area contributed by atoms with Crippen LogP contribution in [0, 0.1) is 0 Å². The van der Waals surface area contributed by atoms with Crippen molar-refractivity contribution in [2.24, 2.45) is 0 Å². The van der Waals surface area contributed by atoms with E-state index in [2.05, 4.69) is 30.0 Å². The number of fused-ring (bicyclic) bond motifs is 2. The van der Waals surface area contributed by atoms with Gasteiger partial charge in [-0.25, -0.2) is 18.4 Å². The molecule has 1 aromatic heterocycles. The van der Waals surface area contributed by atoms with Gasteiger partial charge in [0.2, 0.25) is 16.0 Å². The highest BCUT2D eigenvalue weighted by atomic mass is 32.2. The Morgan fingerprint density at radius 3 is 2.73 bits per heavy atom. The number of aryl methyl sites for hydroxylation is 1. The van der Waals surface area contributed by atoms with Gasteiger partial charge in [-0.2, -0.15) is 4.31 Å². The van der Waals surface area contributed by atoms with E-state index in [1.54, 1.807) is 0 Å². The number of nitrogens with zero attached hydrogens (tertiary/aromatic N) is 4. The molecule has 5 rings (SSSR count). The Labute approximate surface area is 177 Å². The molecule has 3 aliphatic rings. The van der Waals surface area contributed by atoms with E-state index >= 15 is 0 Å². The lowest BCUT2D eigenvalue weighted by molar-refractivity contribution is 0.312. The van der Waals surface area contributed by atoms with Crippen molar-refractivity contribution >= 4 is 16.0 Å². The van der Waals surface area contributed by atoms with Crippen LogP contribution < -0.4 is 4.90 Å². The molecule has 3 heterocycles. The molecule has 1 saturated heterocycles. The predicted octanol–water partition coefficient (Wildman–Crippen LogP) is 1.91. The summed E-state index contributed by atoms with van der Waals surface area (Å²) in [7, 11) is -3.43. The Morgan fingerprint density at radius 1 is 1.13 bits per heavy atom. The summed E-state index contributed by atoms with van der Waals surface area (Å²) in [6.07, 6.45) is 4.96. The number of aromatic nitrogens is 2. The second kappa shape index (κ2) is 7.59. The molecule has 8 heteroatoms. The molecule has 1 N–H and O–H groups in total. The molecule has 1 aromatic carbocycles. The summed E-state index contributed by atoms with van der Waals surface area (Å²) in [5, 5.41) is 9.10. The third-order valence-corrected chi connectivity index (χ3v) is 8.49. The lowest BCUT2D eigenvalue weighted by Gasteiger charge is -2.39. The van der Waals surface area contributed by atoms with Crippen LogP contribution in [0.1, 0.15) is 42.1 Å². The highest BCUT2D eigenvalue weighted by molar-refractivity contribution is 7.89. The first-order valence-electron chi connectivity index (χ1n) is 10.8. The van der Waals surface area contributed by atoms with Crippen molar-refractivity contribution in [3.05, 3.63) is 40.6 Å². The van der Waals surface area contributed by atoms with Crippen LogP contribution in [0.5, 0.6) is 0 Å². The topological polar surface area (TPSA) is 86.6 Å². The number of rotatable bonds is 5. The van der Waals surface area contributed by atoms with Gasteiger partial charge in [0.1, 0.15) is 0 Å². The normalized spacial score (nSPS) is 21.3. The molecule has 1 aliphatic carbocycles. The molecule has 2 aromatic rings. The van der Waals surface area contributed by atoms with E-state index in [-0.39, 0.29) is 12.4 Å². The summed E-state index contributed by atoms with van der Waals surface area (Å²) in [4.78, 5) is 12.1. The third-order valence-electron chi connectivity index (χ3n) is 6.70. The van der Waals surface area contributed by atoms with E-state index in [0.717, 1.165) is 48.6 Å². The van der Waals surface area contributed by atoms with E-state index in [4.69, 9.17) is 15.1 Å². The Bertz CT molecular complexity index is 1090. The molecular weight excluding hydrogens is 400 g/mol. The van der Waals surface area contributed by atoms with Gasteiger partial charge in [0.25, 0.3) is 0 Å². The van der Waals surface area contributed by atoms with E-state index < -0.39 is 10.0 Å². The average Bonchev–Trinajstić information content (AvgIpc) is 3.20. The van der Waals surface area contributed by atoms with Crippen LogP contribution in [0.25, 0.3) is 11.3 Å². The fourth-order valence-electron chi connectivity index (χ4n) is 4.76. The SMILES string of the molecule is C[C@H]1CCN1c1nc2c(c(-c3ccc4c(c3)CN(S(=O)(=O)CCO)CC4)n1)CCC2. The zero-order valence-electron chi connectivity index (χ0n) is 17.3. The number of hydrogen-bond acceptors (Lipinski definition) is 6. The fraction of sp³-hybridized carbons (Fsp3) is 0.545. The molecule has 0 saturated carbocycles. The molecule has 0 unspecified atom stereocenters. The van der Waals surface area contributed by atoms with Gasteiger partial charge >= 0.3 is 0 Å². The van der Waals surface area contributed by atoms with Gasteiger partial charge in [-0.1, -0.05) is 12.1 Å². The van der Waals surface area contributed by atoms with Crippen LogP contribution in [0.2, 0.25) is 0 Å². The van der Waals surface area contributed by atoms with E-state index in [0.29, 0.717) is 25.6 Å². The molecular formula is C22H28N4O3S. The van der Waals surface area contributed by atoms with E-state index in [1.807, 2.05) is 0 Å². The molecule has 0 radical (unpaired) electrons. The second-order valence-corrected chi connectivity index (χ2v) is 10.7. The monoisotopic (exact) mass is 428 g/mol. The van der Waals surface area contributed by atoms with Crippen molar-refractivity contribution in [3.8, 4) is 11.3 Å². The summed E-state index contributed by atoms with van der Waals surface area (Å²) in [6, 6.07) is 6.84. The van der Waals surface area contributed by atoms with Crippen molar-refractivity contribution in [1.29, 1.82) is 0 Å². The van der Waals surface area contributed by atoms with Crippen LogP contribution in [0.3, 0.4) is 0 Å². The summed E-state index contributed by atoms with van der Waals surface area (Å²) < 4.78 is 26.4. The highest BCUT2D eigenvalue weighted by Crippen LogP contribution is 2.35.